The van der Waals surface area contributed by atoms with Gasteiger partial charge in [-0.3, -0.25) is 14.4 Å². The lowest BCUT2D eigenvalue weighted by molar-refractivity contribution is -0.120. The number of fused-ring (bicyclic) bond motifs is 1. The zero-order chi connectivity index (χ0) is 26.8. The molecular weight excluding hydrogens is 506 g/mol. The van der Waals surface area contributed by atoms with Gasteiger partial charge in [0.05, 0.1) is 19.9 Å². The van der Waals surface area contributed by atoms with Gasteiger partial charge in [-0.25, -0.2) is 4.90 Å². The van der Waals surface area contributed by atoms with Crippen molar-refractivity contribution >= 4 is 57.2 Å². The number of imide groups is 1. The Morgan fingerprint density at radius 2 is 1.61 bits per heavy atom. The van der Waals surface area contributed by atoms with Crippen molar-refractivity contribution in [2.75, 3.05) is 29.8 Å². The summed E-state index contributed by atoms with van der Waals surface area (Å²) in [6.45, 7) is 0. The van der Waals surface area contributed by atoms with Crippen LogP contribution in [-0.4, -0.2) is 31.9 Å². The Balaban J connectivity index is 1.38. The topological polar surface area (TPSA) is 97.0 Å². The van der Waals surface area contributed by atoms with E-state index in [9.17, 15) is 14.4 Å². The van der Waals surface area contributed by atoms with Crippen molar-refractivity contribution in [3.05, 3.63) is 101 Å². The first-order chi connectivity index (χ1) is 18.4. The fraction of sp³-hybridized carbons (Fsp3) is 0.0690. The predicted molar refractivity (Wildman–Crippen MR) is 147 cm³/mol. The molecule has 9 heteroatoms. The third-order valence-electron chi connectivity index (χ3n) is 6.09. The second-order valence-electron chi connectivity index (χ2n) is 8.36. The molecule has 1 aliphatic rings. The molecule has 0 aromatic heterocycles. The van der Waals surface area contributed by atoms with E-state index in [1.165, 1.54) is 14.2 Å². The van der Waals surface area contributed by atoms with E-state index in [1.54, 1.807) is 42.5 Å². The molecule has 0 radical (unpaired) electrons. The second-order valence-corrected chi connectivity index (χ2v) is 8.74. The molecule has 0 saturated carbocycles. The Morgan fingerprint density at radius 1 is 0.842 bits per heavy atom. The highest BCUT2D eigenvalue weighted by Gasteiger charge is 2.40. The van der Waals surface area contributed by atoms with Crippen LogP contribution in [0.1, 0.15) is 10.4 Å². The molecule has 1 aliphatic heterocycles. The minimum atomic E-state index is -0.701. The minimum absolute atomic E-state index is 0.110. The van der Waals surface area contributed by atoms with Crippen LogP contribution in [0.5, 0.6) is 11.5 Å². The maximum absolute atomic E-state index is 13.3. The molecule has 0 fully saturated rings. The summed E-state index contributed by atoms with van der Waals surface area (Å²) in [6, 6.07) is 24.7. The number of rotatable bonds is 7. The molecule has 1 heterocycles. The number of benzene rings is 4. The molecule has 3 amide bonds. The van der Waals surface area contributed by atoms with Crippen molar-refractivity contribution in [2.24, 2.45) is 0 Å². The third-order valence-corrected chi connectivity index (χ3v) is 6.44. The van der Waals surface area contributed by atoms with Crippen LogP contribution >= 0.6 is 11.6 Å². The van der Waals surface area contributed by atoms with Crippen molar-refractivity contribution in [1.29, 1.82) is 0 Å². The highest BCUT2D eigenvalue weighted by Crippen LogP contribution is 2.37. The van der Waals surface area contributed by atoms with Crippen LogP contribution in [-0.2, 0) is 9.59 Å². The van der Waals surface area contributed by atoms with Gasteiger partial charge in [0.1, 0.15) is 22.2 Å². The summed E-state index contributed by atoms with van der Waals surface area (Å²) < 4.78 is 10.5. The molecular formula is C29H22ClN3O5. The van der Waals surface area contributed by atoms with Crippen LogP contribution < -0.4 is 25.0 Å². The normalized spacial score (nSPS) is 13.2. The van der Waals surface area contributed by atoms with Crippen molar-refractivity contribution in [3.8, 4) is 11.5 Å². The molecule has 0 bridgehead atoms. The molecule has 0 spiro atoms. The third kappa shape index (κ3) is 4.53. The number of hydrogen-bond acceptors (Lipinski definition) is 6. The molecule has 4 aromatic carbocycles. The summed E-state index contributed by atoms with van der Waals surface area (Å²) >= 11 is 6.30. The van der Waals surface area contributed by atoms with E-state index in [4.69, 9.17) is 21.1 Å². The minimum Gasteiger partial charge on any atom is -0.497 e. The summed E-state index contributed by atoms with van der Waals surface area (Å²) in [4.78, 5) is 40.2. The molecule has 38 heavy (non-hydrogen) atoms. The van der Waals surface area contributed by atoms with E-state index in [2.05, 4.69) is 10.6 Å². The number of nitrogens with zero attached hydrogens (tertiary/aromatic N) is 1. The fourth-order valence-corrected chi connectivity index (χ4v) is 4.42. The first-order valence-corrected chi connectivity index (χ1v) is 12.0. The Morgan fingerprint density at radius 3 is 2.39 bits per heavy atom. The first-order valence-electron chi connectivity index (χ1n) is 11.6. The van der Waals surface area contributed by atoms with Gasteiger partial charge in [0, 0.05) is 28.4 Å². The molecule has 190 valence electrons. The first kappa shape index (κ1) is 24.9. The summed E-state index contributed by atoms with van der Waals surface area (Å²) in [5.74, 6) is -0.922. The van der Waals surface area contributed by atoms with E-state index >= 15 is 0 Å². The van der Waals surface area contributed by atoms with Crippen LogP contribution in [0.3, 0.4) is 0 Å². The summed E-state index contributed by atoms with van der Waals surface area (Å²) in [6.07, 6.45) is 0. The highest BCUT2D eigenvalue weighted by molar-refractivity contribution is 6.53. The average molecular weight is 528 g/mol. The quantitative estimate of drug-likeness (QED) is 0.306. The number of nitrogens with one attached hydrogen (secondary N) is 2. The second kappa shape index (κ2) is 10.3. The van der Waals surface area contributed by atoms with Crippen LogP contribution in [0.25, 0.3) is 10.8 Å². The molecule has 5 rings (SSSR count). The van der Waals surface area contributed by atoms with Gasteiger partial charge in [-0.05, 0) is 41.8 Å². The summed E-state index contributed by atoms with van der Waals surface area (Å²) in [5, 5.41) is 7.49. The molecule has 2 N–H and O–H groups in total. The zero-order valence-corrected chi connectivity index (χ0v) is 21.2. The summed E-state index contributed by atoms with van der Waals surface area (Å²) in [7, 11) is 2.92. The predicted octanol–water partition coefficient (Wildman–Crippen LogP) is 5.55. The van der Waals surface area contributed by atoms with Gasteiger partial charge < -0.3 is 20.1 Å². The van der Waals surface area contributed by atoms with Gasteiger partial charge in [-0.15, -0.1) is 0 Å². The van der Waals surface area contributed by atoms with Crippen LogP contribution in [0.2, 0.25) is 0 Å². The van der Waals surface area contributed by atoms with E-state index in [0.717, 1.165) is 15.7 Å². The van der Waals surface area contributed by atoms with E-state index in [1.807, 2.05) is 42.5 Å². The average Bonchev–Trinajstić information content (AvgIpc) is 3.15. The number of methoxy groups -OCH3 is 2. The SMILES string of the molecule is COc1ccc(N2C(=O)C(Cl)=C(Nc3cccc(C(=O)Nc4cccc5ccccc45)c3)C2=O)c(OC)c1. The maximum Gasteiger partial charge on any atom is 0.283 e. The van der Waals surface area contributed by atoms with E-state index in [-0.39, 0.29) is 28.1 Å². The van der Waals surface area contributed by atoms with Crippen molar-refractivity contribution < 1.29 is 23.9 Å². The molecule has 0 atom stereocenters. The standard InChI is InChI=1S/C29H22ClN3O5/c1-37-20-13-14-23(24(16-20)38-2)33-28(35)25(30)26(29(33)36)31-19-10-5-9-18(15-19)27(34)32-22-12-6-8-17-7-3-4-11-21(17)22/h3-16,31H,1-2H3,(H,32,34). The molecule has 0 saturated heterocycles. The van der Waals surface area contributed by atoms with Gasteiger partial charge in [0.2, 0.25) is 0 Å². The zero-order valence-electron chi connectivity index (χ0n) is 20.4. The molecule has 0 unspecified atom stereocenters. The number of carbonyl (C=O) groups is 3. The number of ether oxygens (including phenoxy) is 2. The van der Waals surface area contributed by atoms with Crippen molar-refractivity contribution in [1.82, 2.24) is 0 Å². The molecule has 4 aromatic rings. The molecule has 8 nitrogen and oxygen atoms in total. The van der Waals surface area contributed by atoms with E-state index in [0.29, 0.717) is 22.7 Å². The lowest BCUT2D eigenvalue weighted by Crippen LogP contribution is -2.32. The summed E-state index contributed by atoms with van der Waals surface area (Å²) in [5.41, 5.74) is 1.55. The van der Waals surface area contributed by atoms with Gasteiger partial charge in [-0.2, -0.15) is 0 Å². The smallest absolute Gasteiger partial charge is 0.283 e. The van der Waals surface area contributed by atoms with Crippen molar-refractivity contribution in [3.63, 3.8) is 0 Å². The largest absolute Gasteiger partial charge is 0.497 e. The lowest BCUT2D eigenvalue weighted by Gasteiger charge is -2.18. The van der Waals surface area contributed by atoms with Crippen LogP contribution in [0, 0.1) is 0 Å². The Hall–Kier alpha value is -4.82. The highest BCUT2D eigenvalue weighted by atomic mass is 35.5. The van der Waals surface area contributed by atoms with Gasteiger partial charge in [-0.1, -0.05) is 54.1 Å². The Kier molecular flexibility index (Phi) is 6.72. The lowest BCUT2D eigenvalue weighted by atomic mass is 10.1. The van der Waals surface area contributed by atoms with E-state index < -0.39 is 11.8 Å². The van der Waals surface area contributed by atoms with Crippen LogP contribution in [0.15, 0.2) is 95.7 Å². The number of carbonyl (C=O) groups excluding carboxylic acids is 3. The number of hydrogen-bond donors (Lipinski definition) is 2. The number of anilines is 3. The number of halogens is 1. The van der Waals surface area contributed by atoms with Crippen molar-refractivity contribution in [2.45, 2.75) is 0 Å². The van der Waals surface area contributed by atoms with Gasteiger partial charge in [0.25, 0.3) is 17.7 Å². The Bertz CT molecular complexity index is 1630. The molecule has 0 aliphatic carbocycles. The Labute approximate surface area is 223 Å². The van der Waals surface area contributed by atoms with Crippen LogP contribution in [0.4, 0.5) is 17.1 Å². The van der Waals surface area contributed by atoms with Gasteiger partial charge >= 0.3 is 0 Å². The number of amides is 3. The van der Waals surface area contributed by atoms with Gasteiger partial charge in [0.15, 0.2) is 0 Å². The maximum atomic E-state index is 13.3. The fourth-order valence-electron chi connectivity index (χ4n) is 4.21. The monoisotopic (exact) mass is 527 g/mol.